The molecule has 1 atom stereocenters. The van der Waals surface area contributed by atoms with E-state index < -0.39 is 17.4 Å². The van der Waals surface area contributed by atoms with Crippen molar-refractivity contribution in [1.82, 2.24) is 33.5 Å². The Morgan fingerprint density at radius 1 is 1.10 bits per heavy atom. The molecule has 0 unspecified atom stereocenters. The van der Waals surface area contributed by atoms with Crippen LogP contribution in [0.25, 0.3) is 11.2 Å². The summed E-state index contributed by atoms with van der Waals surface area (Å²) in [5.41, 5.74) is 0.227. The van der Waals surface area contributed by atoms with Crippen LogP contribution in [-0.2, 0) is 24.6 Å². The number of rotatable bonds is 7. The molecule has 4 aromatic rings. The monoisotopic (exact) mass is 553 g/mol. The van der Waals surface area contributed by atoms with Crippen molar-refractivity contribution in [3.05, 3.63) is 82.1 Å². The van der Waals surface area contributed by atoms with Gasteiger partial charge in [0, 0.05) is 58.1 Å². The van der Waals surface area contributed by atoms with Gasteiger partial charge in [-0.15, -0.1) is 10.2 Å². The molecule has 40 heavy (non-hydrogen) atoms. The lowest BCUT2D eigenvalue weighted by atomic mass is 9.72. The molecule has 1 amide bonds. The highest BCUT2D eigenvalue weighted by Crippen LogP contribution is 2.43. The van der Waals surface area contributed by atoms with E-state index in [1.165, 1.54) is 17.0 Å². The molecule has 0 N–H and O–H groups in total. The lowest BCUT2D eigenvalue weighted by Crippen LogP contribution is -2.45. The van der Waals surface area contributed by atoms with Crippen LogP contribution < -0.4 is 5.69 Å². The molecule has 12 heteroatoms. The minimum absolute atomic E-state index is 0.0223. The van der Waals surface area contributed by atoms with Crippen molar-refractivity contribution in [1.29, 1.82) is 0 Å². The number of carbonyl (C=O) groups is 1. The fraction of sp³-hybridized carbons (Fsp3) is 0.429. The average molecular weight is 554 g/mol. The van der Waals surface area contributed by atoms with Gasteiger partial charge in [-0.05, 0) is 48.1 Å². The SMILES string of the molecule is Cn1cnnc1[C@@H](c1cccc(-n2cc3c(C(F)(F)F)cc(CN4CCN(C=O)CC4)cn3c2=O)c1)C1CCC1. The van der Waals surface area contributed by atoms with Crippen LogP contribution in [0.15, 0.2) is 53.8 Å². The molecule has 1 aromatic carbocycles. The highest BCUT2D eigenvalue weighted by Gasteiger charge is 2.35. The van der Waals surface area contributed by atoms with E-state index in [0.717, 1.165) is 47.5 Å². The molecule has 6 rings (SSSR count). The molecule has 0 radical (unpaired) electrons. The van der Waals surface area contributed by atoms with Crippen molar-refractivity contribution in [3.8, 4) is 5.69 Å². The zero-order valence-corrected chi connectivity index (χ0v) is 22.1. The summed E-state index contributed by atoms with van der Waals surface area (Å²) in [7, 11) is 1.90. The summed E-state index contributed by atoms with van der Waals surface area (Å²) in [6.07, 6.45) is 3.82. The predicted molar refractivity (Wildman–Crippen MR) is 141 cm³/mol. The third-order valence-electron chi connectivity index (χ3n) is 8.24. The predicted octanol–water partition coefficient (Wildman–Crippen LogP) is 3.44. The molecule has 0 spiro atoms. The summed E-state index contributed by atoms with van der Waals surface area (Å²) in [6, 6.07) is 8.54. The first-order valence-electron chi connectivity index (χ1n) is 13.4. The molecule has 2 fully saturated rings. The van der Waals surface area contributed by atoms with Crippen molar-refractivity contribution >= 4 is 11.9 Å². The second-order valence-corrected chi connectivity index (χ2v) is 10.8. The van der Waals surface area contributed by atoms with Gasteiger partial charge in [0.25, 0.3) is 0 Å². The number of imidazole rings is 1. The van der Waals surface area contributed by atoms with Gasteiger partial charge in [0.1, 0.15) is 12.2 Å². The first kappa shape index (κ1) is 26.3. The standard InChI is InChI=1S/C28H30F3N7O2/c1-34-17-32-33-26(34)25(20-4-2-5-20)21-6-3-7-22(13-21)37-16-24-23(28(29,30)31)12-19(15-38(24)27(37)40)14-35-8-10-36(18-39)11-9-35/h3,6-7,12-13,15-18,20,25H,2,4-5,8-11,14H2,1H3/t25-/m1/s1. The largest absolute Gasteiger partial charge is 0.418 e. The number of aryl methyl sites for hydroxylation is 1. The molecule has 1 aliphatic heterocycles. The van der Waals surface area contributed by atoms with E-state index in [2.05, 4.69) is 10.2 Å². The number of hydrogen-bond donors (Lipinski definition) is 0. The number of benzene rings is 1. The van der Waals surface area contributed by atoms with Crippen LogP contribution in [0.3, 0.4) is 0 Å². The Kier molecular flexibility index (Phi) is 6.73. The molecule has 1 aliphatic carbocycles. The normalized spacial score (nSPS) is 17.8. The number of piperazine rings is 1. The fourth-order valence-corrected chi connectivity index (χ4v) is 5.88. The molecule has 2 aliphatic rings. The Morgan fingerprint density at radius 3 is 2.50 bits per heavy atom. The third-order valence-corrected chi connectivity index (χ3v) is 8.24. The first-order chi connectivity index (χ1) is 19.2. The van der Waals surface area contributed by atoms with Crippen LogP contribution in [-0.4, -0.2) is 66.1 Å². The number of aromatic nitrogens is 5. The smallest absolute Gasteiger partial charge is 0.343 e. The Bertz CT molecular complexity index is 1590. The third kappa shape index (κ3) is 4.80. The van der Waals surface area contributed by atoms with E-state index in [9.17, 15) is 22.8 Å². The summed E-state index contributed by atoms with van der Waals surface area (Å²) in [5.74, 6) is 1.19. The first-order valence-corrected chi connectivity index (χ1v) is 13.4. The Balaban J connectivity index is 1.40. The van der Waals surface area contributed by atoms with Gasteiger partial charge in [-0.2, -0.15) is 13.2 Å². The minimum atomic E-state index is -4.64. The van der Waals surface area contributed by atoms with E-state index in [-0.39, 0.29) is 18.0 Å². The van der Waals surface area contributed by atoms with Crippen LogP contribution in [0.5, 0.6) is 0 Å². The van der Waals surface area contributed by atoms with Gasteiger partial charge in [-0.1, -0.05) is 18.6 Å². The molecule has 9 nitrogen and oxygen atoms in total. The summed E-state index contributed by atoms with van der Waals surface area (Å²) in [5, 5.41) is 8.40. The maximum Gasteiger partial charge on any atom is 0.418 e. The molecule has 210 valence electrons. The summed E-state index contributed by atoms with van der Waals surface area (Å²) >= 11 is 0. The zero-order chi connectivity index (χ0) is 28.0. The summed E-state index contributed by atoms with van der Waals surface area (Å²) in [6.45, 7) is 2.38. The Hall–Kier alpha value is -3.93. The van der Waals surface area contributed by atoms with Crippen LogP contribution >= 0.6 is 0 Å². The lowest BCUT2D eigenvalue weighted by molar-refractivity contribution is -0.136. The van der Waals surface area contributed by atoms with Gasteiger partial charge in [-0.25, -0.2) is 4.79 Å². The van der Waals surface area contributed by atoms with Crippen LogP contribution in [0.4, 0.5) is 13.2 Å². The number of carbonyl (C=O) groups excluding carboxylic acids is 1. The fourth-order valence-electron chi connectivity index (χ4n) is 5.88. The molecule has 0 bridgehead atoms. The minimum Gasteiger partial charge on any atom is -0.343 e. The zero-order valence-electron chi connectivity index (χ0n) is 22.1. The molecule has 1 saturated carbocycles. The maximum atomic E-state index is 14.2. The number of halogens is 3. The van der Waals surface area contributed by atoms with Gasteiger partial charge in [-0.3, -0.25) is 18.7 Å². The van der Waals surface area contributed by atoms with E-state index in [4.69, 9.17) is 0 Å². The maximum absolute atomic E-state index is 14.2. The highest BCUT2D eigenvalue weighted by molar-refractivity contribution is 5.58. The highest BCUT2D eigenvalue weighted by atomic mass is 19.4. The Morgan fingerprint density at radius 2 is 1.88 bits per heavy atom. The van der Waals surface area contributed by atoms with Gasteiger partial charge in [0.15, 0.2) is 0 Å². The molecular weight excluding hydrogens is 523 g/mol. The quantitative estimate of drug-likeness (QED) is 0.328. The second-order valence-electron chi connectivity index (χ2n) is 10.8. The van der Waals surface area contributed by atoms with Gasteiger partial charge in [0.2, 0.25) is 6.41 Å². The summed E-state index contributed by atoms with van der Waals surface area (Å²) < 4.78 is 46.9. The molecular formula is C28H30F3N7O2. The van der Waals surface area contributed by atoms with Crippen molar-refractivity contribution in [2.45, 2.75) is 37.9 Å². The lowest BCUT2D eigenvalue weighted by Gasteiger charge is -2.33. The van der Waals surface area contributed by atoms with E-state index >= 15 is 0 Å². The number of alkyl halides is 3. The van der Waals surface area contributed by atoms with Crippen LogP contribution in [0.1, 0.15) is 47.7 Å². The molecule has 1 saturated heterocycles. The van der Waals surface area contributed by atoms with Gasteiger partial charge in [0.05, 0.1) is 16.8 Å². The van der Waals surface area contributed by atoms with Gasteiger partial charge < -0.3 is 9.47 Å². The van der Waals surface area contributed by atoms with E-state index in [0.29, 0.717) is 43.3 Å². The number of pyridine rings is 1. The van der Waals surface area contributed by atoms with Crippen molar-refractivity contribution in [2.24, 2.45) is 13.0 Å². The van der Waals surface area contributed by atoms with Crippen LogP contribution in [0.2, 0.25) is 0 Å². The van der Waals surface area contributed by atoms with Gasteiger partial charge >= 0.3 is 11.9 Å². The topological polar surface area (TPSA) is 80.7 Å². The number of amides is 1. The van der Waals surface area contributed by atoms with E-state index in [1.54, 1.807) is 17.3 Å². The molecule has 3 aromatic heterocycles. The van der Waals surface area contributed by atoms with Crippen molar-refractivity contribution < 1.29 is 18.0 Å². The number of hydrogen-bond acceptors (Lipinski definition) is 5. The Labute approximate surface area is 228 Å². The molecule has 4 heterocycles. The number of nitrogens with zero attached hydrogens (tertiary/aromatic N) is 7. The number of fused-ring (bicyclic) bond motifs is 1. The van der Waals surface area contributed by atoms with E-state index in [1.807, 2.05) is 34.7 Å². The summed E-state index contributed by atoms with van der Waals surface area (Å²) in [4.78, 5) is 28.2. The second kappa shape index (κ2) is 10.2. The average Bonchev–Trinajstić information content (AvgIpc) is 3.48. The van der Waals surface area contributed by atoms with Crippen LogP contribution in [0, 0.1) is 5.92 Å². The van der Waals surface area contributed by atoms with Crippen molar-refractivity contribution in [3.63, 3.8) is 0 Å². The van der Waals surface area contributed by atoms with Crippen molar-refractivity contribution in [2.75, 3.05) is 26.2 Å².